The molecule has 1 unspecified atom stereocenters. The molecule has 0 amide bonds. The molecule has 2 aliphatic rings. The standard InChI is InChI=1S/C23H34F4OSi/c1-17(24)3-2-4-18-5-11-22(12-6-18)29-15-13-20(14-16-29)19-7-9-21(10-8-19)28-23(25,26)27/h7-10,17-18,20,22,29H,2-6,11-16H2,1H3. The quantitative estimate of drug-likeness (QED) is 0.317. The van der Waals surface area contributed by atoms with E-state index in [0.717, 1.165) is 23.4 Å². The van der Waals surface area contributed by atoms with Crippen LogP contribution >= 0.6 is 0 Å². The van der Waals surface area contributed by atoms with Crippen LogP contribution in [0.1, 0.15) is 76.2 Å². The van der Waals surface area contributed by atoms with Gasteiger partial charge in [0.15, 0.2) is 0 Å². The van der Waals surface area contributed by atoms with Crippen LogP contribution in [0.3, 0.4) is 0 Å². The molecule has 0 aromatic heterocycles. The second-order valence-corrected chi connectivity index (χ2v) is 12.8. The Bertz CT molecular complexity index is 600. The molecule has 1 aromatic rings. The molecule has 2 fully saturated rings. The van der Waals surface area contributed by atoms with Gasteiger partial charge in [-0.25, -0.2) is 4.39 Å². The molecule has 3 rings (SSSR count). The van der Waals surface area contributed by atoms with E-state index in [0.29, 0.717) is 12.3 Å². The Morgan fingerprint density at radius 2 is 1.62 bits per heavy atom. The Morgan fingerprint density at radius 1 is 1.00 bits per heavy atom. The molecule has 164 valence electrons. The Morgan fingerprint density at radius 3 is 2.17 bits per heavy atom. The second-order valence-electron chi connectivity index (χ2n) is 9.22. The van der Waals surface area contributed by atoms with Crippen LogP contribution in [0.15, 0.2) is 24.3 Å². The van der Waals surface area contributed by atoms with Crippen LogP contribution in [0.4, 0.5) is 17.6 Å². The summed E-state index contributed by atoms with van der Waals surface area (Å²) in [7, 11) is -0.712. The Kier molecular flexibility index (Phi) is 8.05. The molecule has 0 radical (unpaired) electrons. The average molecular weight is 431 g/mol. The summed E-state index contributed by atoms with van der Waals surface area (Å²) in [5.74, 6) is 1.16. The average Bonchev–Trinajstić information content (AvgIpc) is 2.68. The minimum atomic E-state index is -4.63. The predicted molar refractivity (Wildman–Crippen MR) is 112 cm³/mol. The summed E-state index contributed by atoms with van der Waals surface area (Å²) < 4.78 is 53.8. The summed E-state index contributed by atoms with van der Waals surface area (Å²) >= 11 is 0. The predicted octanol–water partition coefficient (Wildman–Crippen LogP) is 7.78. The molecule has 1 atom stereocenters. The van der Waals surface area contributed by atoms with E-state index >= 15 is 0 Å². The van der Waals surface area contributed by atoms with Crippen molar-refractivity contribution in [3.8, 4) is 5.75 Å². The van der Waals surface area contributed by atoms with Crippen molar-refractivity contribution in [1.82, 2.24) is 0 Å². The molecule has 0 spiro atoms. The summed E-state index contributed by atoms with van der Waals surface area (Å²) in [6.45, 7) is 1.66. The number of halogens is 4. The normalized spacial score (nSPS) is 29.4. The van der Waals surface area contributed by atoms with E-state index in [1.807, 2.05) is 0 Å². The molecule has 1 heterocycles. The van der Waals surface area contributed by atoms with Crippen molar-refractivity contribution in [3.63, 3.8) is 0 Å². The van der Waals surface area contributed by atoms with Gasteiger partial charge in [-0.3, -0.25) is 0 Å². The molecule has 0 bridgehead atoms. The van der Waals surface area contributed by atoms with Gasteiger partial charge in [-0.05, 0) is 61.3 Å². The molecule has 1 nitrogen and oxygen atoms in total. The van der Waals surface area contributed by atoms with E-state index in [-0.39, 0.29) is 5.75 Å². The molecule has 1 aliphatic carbocycles. The van der Waals surface area contributed by atoms with Crippen molar-refractivity contribution in [2.45, 2.75) is 101 Å². The molecule has 6 heteroatoms. The molecular weight excluding hydrogens is 396 g/mol. The van der Waals surface area contributed by atoms with E-state index in [1.165, 1.54) is 69.2 Å². The van der Waals surface area contributed by atoms with Gasteiger partial charge in [0.2, 0.25) is 0 Å². The first-order chi connectivity index (χ1) is 13.8. The number of benzene rings is 1. The smallest absolute Gasteiger partial charge is 0.406 e. The lowest BCUT2D eigenvalue weighted by molar-refractivity contribution is -0.274. The molecule has 1 saturated carbocycles. The first-order valence-electron chi connectivity index (χ1n) is 11.3. The zero-order valence-corrected chi connectivity index (χ0v) is 18.5. The maximum Gasteiger partial charge on any atom is 0.573 e. The highest BCUT2D eigenvalue weighted by atomic mass is 28.3. The van der Waals surface area contributed by atoms with E-state index in [9.17, 15) is 17.6 Å². The number of ether oxygens (including phenoxy) is 1. The van der Waals surface area contributed by atoms with E-state index < -0.39 is 21.3 Å². The van der Waals surface area contributed by atoms with E-state index in [4.69, 9.17) is 0 Å². The summed E-state index contributed by atoms with van der Waals surface area (Å²) in [6, 6.07) is 9.21. The Labute approximate surface area is 173 Å². The van der Waals surface area contributed by atoms with Gasteiger partial charge in [0, 0.05) is 8.80 Å². The molecule has 1 aliphatic heterocycles. The monoisotopic (exact) mass is 430 g/mol. The summed E-state index contributed by atoms with van der Waals surface area (Å²) in [4.78, 5) is 0. The topological polar surface area (TPSA) is 9.23 Å². The van der Waals surface area contributed by atoms with Crippen LogP contribution in [0.25, 0.3) is 0 Å². The lowest BCUT2D eigenvalue weighted by atomic mass is 9.85. The van der Waals surface area contributed by atoms with Crippen molar-refractivity contribution in [3.05, 3.63) is 29.8 Å². The lowest BCUT2D eigenvalue weighted by Crippen LogP contribution is -2.29. The molecule has 1 aromatic carbocycles. The zero-order valence-electron chi connectivity index (χ0n) is 17.4. The third kappa shape index (κ3) is 7.30. The second kappa shape index (κ2) is 10.3. The Balaban J connectivity index is 1.39. The molecule has 0 N–H and O–H groups in total. The van der Waals surface area contributed by atoms with Crippen LogP contribution in [-0.4, -0.2) is 21.3 Å². The lowest BCUT2D eigenvalue weighted by Gasteiger charge is -2.37. The first kappa shape index (κ1) is 22.6. The summed E-state index contributed by atoms with van der Waals surface area (Å²) in [5.41, 5.74) is 2.12. The fourth-order valence-electron chi connectivity index (χ4n) is 5.50. The van der Waals surface area contributed by atoms with Crippen molar-refractivity contribution in [2.75, 3.05) is 0 Å². The van der Waals surface area contributed by atoms with Crippen molar-refractivity contribution >= 4 is 8.80 Å². The van der Waals surface area contributed by atoms with Gasteiger partial charge in [-0.1, -0.05) is 62.7 Å². The number of alkyl halides is 4. The maximum atomic E-state index is 13.0. The van der Waals surface area contributed by atoms with Crippen LogP contribution in [0.5, 0.6) is 5.75 Å². The van der Waals surface area contributed by atoms with Gasteiger partial charge in [0.1, 0.15) is 5.75 Å². The largest absolute Gasteiger partial charge is 0.573 e. The van der Waals surface area contributed by atoms with Gasteiger partial charge in [0.05, 0.1) is 6.17 Å². The van der Waals surface area contributed by atoms with Crippen LogP contribution in [-0.2, 0) is 0 Å². The van der Waals surface area contributed by atoms with Gasteiger partial charge >= 0.3 is 6.36 Å². The minimum Gasteiger partial charge on any atom is -0.406 e. The van der Waals surface area contributed by atoms with Crippen molar-refractivity contribution < 1.29 is 22.3 Å². The maximum absolute atomic E-state index is 13.0. The molecular formula is C23H34F4OSi. The van der Waals surface area contributed by atoms with Gasteiger partial charge in [0.25, 0.3) is 0 Å². The summed E-state index contributed by atoms with van der Waals surface area (Å²) in [5, 5.41) is 0. The fourth-order valence-corrected chi connectivity index (χ4v) is 9.72. The first-order valence-corrected chi connectivity index (χ1v) is 13.6. The van der Waals surface area contributed by atoms with Gasteiger partial charge < -0.3 is 4.74 Å². The number of hydrogen-bond acceptors (Lipinski definition) is 1. The number of rotatable bonds is 7. The third-order valence-electron chi connectivity index (χ3n) is 7.13. The van der Waals surface area contributed by atoms with Crippen LogP contribution < -0.4 is 4.74 Å². The SMILES string of the molecule is CC(F)CCCC1CCC([SiH]2CCC(c3ccc(OC(F)(F)F)cc3)CC2)CC1. The molecule has 1 saturated heterocycles. The van der Waals surface area contributed by atoms with Crippen LogP contribution in [0, 0.1) is 5.92 Å². The molecule has 29 heavy (non-hydrogen) atoms. The van der Waals surface area contributed by atoms with Gasteiger partial charge in [-0.2, -0.15) is 0 Å². The van der Waals surface area contributed by atoms with Crippen LogP contribution in [0.2, 0.25) is 17.6 Å². The fraction of sp³-hybridized carbons (Fsp3) is 0.739. The van der Waals surface area contributed by atoms with E-state index in [2.05, 4.69) is 4.74 Å². The highest BCUT2D eigenvalue weighted by Crippen LogP contribution is 2.44. The number of hydrogen-bond donors (Lipinski definition) is 0. The minimum absolute atomic E-state index is 0.137. The summed E-state index contributed by atoms with van der Waals surface area (Å²) in [6.07, 6.45) is 5.43. The Hall–Kier alpha value is -1.04. The van der Waals surface area contributed by atoms with Crippen molar-refractivity contribution in [1.29, 1.82) is 0 Å². The highest BCUT2D eigenvalue weighted by Gasteiger charge is 2.33. The van der Waals surface area contributed by atoms with E-state index in [1.54, 1.807) is 19.1 Å². The highest BCUT2D eigenvalue weighted by molar-refractivity contribution is 6.60. The van der Waals surface area contributed by atoms with Gasteiger partial charge in [-0.15, -0.1) is 13.2 Å². The third-order valence-corrected chi connectivity index (χ3v) is 11.3. The zero-order chi connectivity index (χ0) is 20.9. The van der Waals surface area contributed by atoms with Crippen molar-refractivity contribution in [2.24, 2.45) is 5.92 Å².